The van der Waals surface area contributed by atoms with Crippen molar-refractivity contribution in [3.63, 3.8) is 0 Å². The Labute approximate surface area is 101 Å². The Bertz CT molecular complexity index is 440. The van der Waals surface area contributed by atoms with Gasteiger partial charge in [-0.05, 0) is 18.9 Å². The van der Waals surface area contributed by atoms with Gasteiger partial charge in [0, 0.05) is 5.41 Å². The minimum atomic E-state index is -0.577. The van der Waals surface area contributed by atoms with Crippen LogP contribution >= 0.6 is 0 Å². The van der Waals surface area contributed by atoms with Crippen molar-refractivity contribution in [1.29, 1.82) is 0 Å². The minimum absolute atomic E-state index is 0.00105. The lowest BCUT2D eigenvalue weighted by Gasteiger charge is -2.21. The average molecular weight is 221 g/mol. The van der Waals surface area contributed by atoms with Crippen LogP contribution in [0.25, 0.3) is 0 Å². The highest BCUT2D eigenvalue weighted by Crippen LogP contribution is 2.18. The molecule has 2 heteroatoms. The second kappa shape index (κ2) is 4.79. The standard InChI is InChI=1S/C14H21NO/c1-10-5-7-11(8-6-10)9-12(15)13(16)14(2,3)4/h5-8,12H,9,15H2,1-4H3/t12-/m0/s1/i5D,6D. The summed E-state index contributed by atoms with van der Waals surface area (Å²) < 4.78 is 15.5. The Morgan fingerprint density at radius 1 is 1.44 bits per heavy atom. The summed E-state index contributed by atoms with van der Waals surface area (Å²) in [6.07, 6.45) is 0.383. The Balaban J connectivity index is 2.89. The van der Waals surface area contributed by atoms with Crippen LogP contribution < -0.4 is 5.73 Å². The molecular formula is C14H21NO. The molecule has 1 aromatic carbocycles. The molecule has 0 saturated carbocycles. The topological polar surface area (TPSA) is 43.1 Å². The molecule has 1 atom stereocenters. The number of ketones is 1. The smallest absolute Gasteiger partial charge is 0.155 e. The van der Waals surface area contributed by atoms with Crippen molar-refractivity contribution in [1.82, 2.24) is 0 Å². The molecule has 1 rings (SSSR count). The molecule has 88 valence electrons. The molecule has 0 aliphatic heterocycles. The summed E-state index contributed by atoms with van der Waals surface area (Å²) in [6.45, 7) is 7.27. The van der Waals surface area contributed by atoms with E-state index in [0.29, 0.717) is 24.1 Å². The molecule has 0 saturated heterocycles. The number of benzene rings is 1. The Hall–Kier alpha value is -1.15. The van der Waals surface area contributed by atoms with E-state index in [-0.39, 0.29) is 5.78 Å². The third-order valence-electron chi connectivity index (χ3n) is 2.48. The number of hydrogen-bond acceptors (Lipinski definition) is 2. The number of nitrogens with two attached hydrogens (primary N) is 1. The molecule has 0 aromatic heterocycles. The molecule has 16 heavy (non-hydrogen) atoms. The van der Waals surface area contributed by atoms with Gasteiger partial charge in [-0.25, -0.2) is 0 Å². The molecule has 2 N–H and O–H groups in total. The molecule has 1 aromatic rings. The molecular weight excluding hydrogens is 198 g/mol. The maximum Gasteiger partial charge on any atom is 0.155 e. The molecule has 0 aliphatic carbocycles. The third kappa shape index (κ3) is 3.46. The third-order valence-corrected chi connectivity index (χ3v) is 2.48. The highest BCUT2D eigenvalue weighted by molar-refractivity contribution is 5.88. The van der Waals surface area contributed by atoms with Crippen LogP contribution in [0.5, 0.6) is 0 Å². The minimum Gasteiger partial charge on any atom is -0.321 e. The highest BCUT2D eigenvalue weighted by Gasteiger charge is 2.26. The second-order valence-corrected chi connectivity index (χ2v) is 5.20. The lowest BCUT2D eigenvalue weighted by atomic mass is 9.84. The van der Waals surface area contributed by atoms with E-state index in [0.717, 1.165) is 5.56 Å². The molecule has 0 aliphatic rings. The van der Waals surface area contributed by atoms with Gasteiger partial charge in [-0.2, -0.15) is 0 Å². The fourth-order valence-electron chi connectivity index (χ4n) is 1.51. The number of rotatable bonds is 3. The molecule has 0 heterocycles. The summed E-state index contributed by atoms with van der Waals surface area (Å²) in [5.74, 6) is 0.00105. The van der Waals surface area contributed by atoms with Gasteiger partial charge in [0.2, 0.25) is 0 Å². The first-order valence-corrected chi connectivity index (χ1v) is 5.49. The fraction of sp³-hybridized carbons (Fsp3) is 0.500. The summed E-state index contributed by atoms with van der Waals surface area (Å²) in [4.78, 5) is 12.0. The van der Waals surface area contributed by atoms with Gasteiger partial charge in [0.1, 0.15) is 0 Å². The molecule has 0 unspecified atom stereocenters. The first-order valence-electron chi connectivity index (χ1n) is 6.49. The molecule has 0 bridgehead atoms. The van der Waals surface area contributed by atoms with Crippen LogP contribution in [0.4, 0.5) is 0 Å². The first kappa shape index (κ1) is 10.0. The van der Waals surface area contributed by atoms with E-state index in [1.807, 2.05) is 20.8 Å². The predicted octanol–water partition coefficient (Wildman–Crippen LogP) is 2.48. The predicted molar refractivity (Wildman–Crippen MR) is 67.3 cm³/mol. The Morgan fingerprint density at radius 3 is 2.38 bits per heavy atom. The van der Waals surface area contributed by atoms with Gasteiger partial charge in [0.15, 0.2) is 5.78 Å². The first-order chi connectivity index (χ1) is 8.12. The molecule has 0 amide bonds. The highest BCUT2D eigenvalue weighted by atomic mass is 16.1. The van der Waals surface area contributed by atoms with Crippen molar-refractivity contribution in [3.05, 3.63) is 35.3 Å². The van der Waals surface area contributed by atoms with Gasteiger partial charge >= 0.3 is 0 Å². The molecule has 2 nitrogen and oxygen atoms in total. The number of carbonyl (C=O) groups is 1. The normalized spacial score (nSPS) is 15.3. The van der Waals surface area contributed by atoms with Crippen molar-refractivity contribution in [2.45, 2.75) is 40.2 Å². The molecule has 0 spiro atoms. The summed E-state index contributed by atoms with van der Waals surface area (Å²) in [7, 11) is 0. The van der Waals surface area contributed by atoms with Gasteiger partial charge in [-0.1, -0.05) is 50.6 Å². The van der Waals surface area contributed by atoms with Gasteiger partial charge in [0.25, 0.3) is 0 Å². The Morgan fingerprint density at radius 2 is 1.94 bits per heavy atom. The van der Waals surface area contributed by atoms with E-state index in [9.17, 15) is 4.79 Å². The van der Waals surface area contributed by atoms with Crippen LogP contribution in [-0.4, -0.2) is 11.8 Å². The van der Waals surface area contributed by atoms with Crippen LogP contribution in [-0.2, 0) is 11.2 Å². The van der Waals surface area contributed by atoms with Crippen LogP contribution in [0.2, 0.25) is 0 Å². The number of hydrogen-bond donors (Lipinski definition) is 1. The van der Waals surface area contributed by atoms with E-state index >= 15 is 0 Å². The van der Waals surface area contributed by atoms with Crippen molar-refractivity contribution in [3.8, 4) is 0 Å². The van der Waals surface area contributed by atoms with E-state index in [1.54, 1.807) is 19.1 Å². The summed E-state index contributed by atoms with van der Waals surface area (Å²) in [6, 6.07) is 3.44. The van der Waals surface area contributed by atoms with Crippen LogP contribution in [0.3, 0.4) is 0 Å². The zero-order valence-corrected chi connectivity index (χ0v) is 10.4. The van der Waals surface area contributed by atoms with Crippen molar-refractivity contribution in [2.75, 3.05) is 0 Å². The Kier molecular flexibility index (Phi) is 3.00. The van der Waals surface area contributed by atoms with Crippen LogP contribution in [0.15, 0.2) is 24.2 Å². The molecule has 0 fully saturated rings. The molecule has 0 radical (unpaired) electrons. The van der Waals surface area contributed by atoms with Crippen molar-refractivity contribution in [2.24, 2.45) is 11.1 Å². The maximum absolute atomic E-state index is 12.0. The van der Waals surface area contributed by atoms with Crippen LogP contribution in [0.1, 0.15) is 34.6 Å². The zero-order valence-electron chi connectivity index (χ0n) is 12.4. The lowest BCUT2D eigenvalue weighted by molar-refractivity contribution is -0.127. The lowest BCUT2D eigenvalue weighted by Crippen LogP contribution is -2.40. The summed E-state index contributed by atoms with van der Waals surface area (Å²) in [5.41, 5.74) is 6.87. The zero-order chi connectivity index (χ0) is 14.1. The van der Waals surface area contributed by atoms with E-state index in [4.69, 9.17) is 8.48 Å². The van der Waals surface area contributed by atoms with Crippen molar-refractivity contribution < 1.29 is 7.54 Å². The largest absolute Gasteiger partial charge is 0.321 e. The van der Waals surface area contributed by atoms with Gasteiger partial charge in [-0.3, -0.25) is 4.79 Å². The van der Waals surface area contributed by atoms with Crippen molar-refractivity contribution >= 4 is 5.78 Å². The quantitative estimate of drug-likeness (QED) is 0.852. The number of Topliss-reactive ketones (excluding diaryl/α,β-unsaturated/α-hetero) is 1. The number of carbonyl (C=O) groups excluding carboxylic acids is 1. The van der Waals surface area contributed by atoms with Gasteiger partial charge < -0.3 is 5.73 Å². The fourth-order valence-corrected chi connectivity index (χ4v) is 1.51. The van der Waals surface area contributed by atoms with Gasteiger partial charge in [0.05, 0.1) is 8.78 Å². The van der Waals surface area contributed by atoms with Gasteiger partial charge in [-0.15, -0.1) is 0 Å². The van der Waals surface area contributed by atoms with Crippen LogP contribution in [0, 0.1) is 12.3 Å². The van der Waals surface area contributed by atoms with E-state index < -0.39 is 11.5 Å². The monoisotopic (exact) mass is 221 g/mol. The second-order valence-electron chi connectivity index (χ2n) is 5.20. The average Bonchev–Trinajstić information content (AvgIpc) is 2.23. The summed E-state index contributed by atoms with van der Waals surface area (Å²) in [5, 5.41) is 0. The SMILES string of the molecule is [2H]c1cc(C[C@H](N)C(=O)C(C)(C)C)cc([2H])c1C. The maximum atomic E-state index is 12.0. The van der Waals surface area contributed by atoms with E-state index in [1.165, 1.54) is 0 Å². The van der Waals surface area contributed by atoms with E-state index in [2.05, 4.69) is 0 Å². The summed E-state index contributed by atoms with van der Waals surface area (Å²) >= 11 is 0.